The first kappa shape index (κ1) is 11.0. The molecule has 1 saturated heterocycles. The molecule has 0 aliphatic carbocycles. The van der Waals surface area contributed by atoms with E-state index in [2.05, 4.69) is 6.92 Å². The fourth-order valence-electron chi connectivity index (χ4n) is 2.29. The summed E-state index contributed by atoms with van der Waals surface area (Å²) in [4.78, 5) is 13.7. The van der Waals surface area contributed by atoms with Gasteiger partial charge in [0, 0.05) is 24.3 Å². The minimum absolute atomic E-state index is 0.228. The van der Waals surface area contributed by atoms with E-state index in [9.17, 15) is 4.79 Å². The molecule has 1 amide bonds. The van der Waals surface area contributed by atoms with Gasteiger partial charge in [-0.15, -0.1) is 0 Å². The predicted molar refractivity (Wildman–Crippen MR) is 66.4 cm³/mol. The summed E-state index contributed by atoms with van der Waals surface area (Å²) in [7, 11) is 0. The van der Waals surface area contributed by atoms with Gasteiger partial charge in [-0.25, -0.2) is 0 Å². The molecule has 0 saturated carbocycles. The highest BCUT2D eigenvalue weighted by Crippen LogP contribution is 2.29. The van der Waals surface area contributed by atoms with Crippen molar-refractivity contribution in [2.24, 2.45) is 0 Å². The summed E-state index contributed by atoms with van der Waals surface area (Å²) >= 11 is 0. The van der Waals surface area contributed by atoms with Gasteiger partial charge >= 0.3 is 0 Å². The van der Waals surface area contributed by atoms with E-state index in [4.69, 9.17) is 5.73 Å². The van der Waals surface area contributed by atoms with Crippen molar-refractivity contribution in [3.05, 3.63) is 23.8 Å². The Morgan fingerprint density at radius 1 is 1.38 bits per heavy atom. The number of carbonyl (C=O) groups is 1. The lowest BCUT2D eigenvalue weighted by molar-refractivity contribution is -0.119. The monoisotopic (exact) mass is 218 g/mol. The van der Waals surface area contributed by atoms with Gasteiger partial charge in [-0.1, -0.05) is 13.0 Å². The normalized spacial score (nSPS) is 16.6. The Balaban J connectivity index is 2.38. The SMILES string of the molecule is CCc1c(N)cccc1N1CCCCC1=O. The van der Waals surface area contributed by atoms with Gasteiger partial charge in [-0.05, 0) is 37.0 Å². The van der Waals surface area contributed by atoms with Crippen LogP contribution in [0, 0.1) is 0 Å². The molecule has 1 fully saturated rings. The van der Waals surface area contributed by atoms with Crippen molar-refractivity contribution < 1.29 is 4.79 Å². The molecule has 1 heterocycles. The summed E-state index contributed by atoms with van der Waals surface area (Å²) in [5, 5.41) is 0. The molecule has 3 heteroatoms. The Labute approximate surface area is 96.2 Å². The fourth-order valence-corrected chi connectivity index (χ4v) is 2.29. The van der Waals surface area contributed by atoms with Crippen LogP contribution in [0.3, 0.4) is 0 Å². The lowest BCUT2D eigenvalue weighted by Gasteiger charge is -2.29. The van der Waals surface area contributed by atoms with Crippen LogP contribution in [0.15, 0.2) is 18.2 Å². The number of hydrogen-bond donors (Lipinski definition) is 1. The van der Waals surface area contributed by atoms with Crippen LogP contribution < -0.4 is 10.6 Å². The largest absolute Gasteiger partial charge is 0.398 e. The molecule has 0 atom stereocenters. The molecule has 1 aliphatic rings. The summed E-state index contributed by atoms with van der Waals surface area (Å²) < 4.78 is 0. The number of hydrogen-bond acceptors (Lipinski definition) is 2. The van der Waals surface area contributed by atoms with Crippen LogP contribution in [0.4, 0.5) is 11.4 Å². The quantitative estimate of drug-likeness (QED) is 0.774. The topological polar surface area (TPSA) is 46.3 Å². The van der Waals surface area contributed by atoms with Crippen LogP contribution >= 0.6 is 0 Å². The number of benzene rings is 1. The molecule has 0 aromatic heterocycles. The number of amides is 1. The first-order chi connectivity index (χ1) is 7.74. The van der Waals surface area contributed by atoms with Crippen LogP contribution in [0.1, 0.15) is 31.7 Å². The summed E-state index contributed by atoms with van der Waals surface area (Å²) in [6.45, 7) is 2.90. The molecule has 2 rings (SSSR count). The van der Waals surface area contributed by atoms with Gasteiger partial charge in [0.1, 0.15) is 0 Å². The second-order valence-corrected chi connectivity index (χ2v) is 4.20. The summed E-state index contributed by atoms with van der Waals surface area (Å²) in [5.41, 5.74) is 8.84. The first-order valence-corrected chi connectivity index (χ1v) is 5.91. The third kappa shape index (κ3) is 1.90. The number of nitrogen functional groups attached to an aromatic ring is 1. The van der Waals surface area contributed by atoms with E-state index >= 15 is 0 Å². The van der Waals surface area contributed by atoms with Crippen molar-refractivity contribution in [1.82, 2.24) is 0 Å². The zero-order valence-corrected chi connectivity index (χ0v) is 9.70. The van der Waals surface area contributed by atoms with Crippen molar-refractivity contribution in [1.29, 1.82) is 0 Å². The van der Waals surface area contributed by atoms with Crippen LogP contribution in [0.2, 0.25) is 0 Å². The minimum Gasteiger partial charge on any atom is -0.398 e. The van der Waals surface area contributed by atoms with Gasteiger partial charge in [0.25, 0.3) is 0 Å². The number of nitrogens with zero attached hydrogens (tertiary/aromatic N) is 1. The zero-order chi connectivity index (χ0) is 11.5. The number of anilines is 2. The van der Waals surface area contributed by atoms with Crippen LogP contribution in [0.25, 0.3) is 0 Å². The summed E-state index contributed by atoms with van der Waals surface area (Å²) in [6.07, 6.45) is 3.63. The summed E-state index contributed by atoms with van der Waals surface area (Å²) in [5.74, 6) is 0.228. The van der Waals surface area contributed by atoms with Gasteiger partial charge in [0.2, 0.25) is 5.91 Å². The molecule has 86 valence electrons. The van der Waals surface area contributed by atoms with Gasteiger partial charge in [-0.3, -0.25) is 4.79 Å². The van der Waals surface area contributed by atoms with Crippen LogP contribution in [-0.2, 0) is 11.2 Å². The van der Waals surface area contributed by atoms with Crippen molar-refractivity contribution >= 4 is 17.3 Å². The van der Waals surface area contributed by atoms with E-state index in [0.717, 1.165) is 42.7 Å². The van der Waals surface area contributed by atoms with Crippen LogP contribution in [0.5, 0.6) is 0 Å². The number of piperidine rings is 1. The molecule has 0 unspecified atom stereocenters. The Kier molecular flexibility index (Phi) is 3.13. The second-order valence-electron chi connectivity index (χ2n) is 4.20. The molecule has 3 nitrogen and oxygen atoms in total. The van der Waals surface area contributed by atoms with E-state index in [1.807, 2.05) is 23.1 Å². The Bertz CT molecular complexity index is 401. The van der Waals surface area contributed by atoms with Crippen LogP contribution in [-0.4, -0.2) is 12.5 Å². The molecule has 0 radical (unpaired) electrons. The predicted octanol–water partition coefficient (Wildman–Crippen LogP) is 2.35. The highest BCUT2D eigenvalue weighted by atomic mass is 16.2. The van der Waals surface area contributed by atoms with Crippen molar-refractivity contribution in [3.63, 3.8) is 0 Å². The Morgan fingerprint density at radius 2 is 2.19 bits per heavy atom. The second kappa shape index (κ2) is 4.56. The van der Waals surface area contributed by atoms with Crippen molar-refractivity contribution in [2.75, 3.05) is 17.2 Å². The molecule has 0 bridgehead atoms. The van der Waals surface area contributed by atoms with E-state index < -0.39 is 0 Å². The van der Waals surface area contributed by atoms with Gasteiger partial charge < -0.3 is 10.6 Å². The first-order valence-electron chi connectivity index (χ1n) is 5.91. The van der Waals surface area contributed by atoms with E-state index in [-0.39, 0.29) is 5.91 Å². The lowest BCUT2D eigenvalue weighted by Crippen LogP contribution is -2.35. The third-order valence-electron chi connectivity index (χ3n) is 3.16. The molecule has 0 spiro atoms. The van der Waals surface area contributed by atoms with Gasteiger partial charge in [-0.2, -0.15) is 0 Å². The average Bonchev–Trinajstić information content (AvgIpc) is 2.29. The zero-order valence-electron chi connectivity index (χ0n) is 9.70. The Morgan fingerprint density at radius 3 is 2.88 bits per heavy atom. The average molecular weight is 218 g/mol. The summed E-state index contributed by atoms with van der Waals surface area (Å²) in [6, 6.07) is 5.82. The number of carbonyl (C=O) groups excluding carboxylic acids is 1. The number of rotatable bonds is 2. The van der Waals surface area contributed by atoms with E-state index in [1.165, 1.54) is 0 Å². The smallest absolute Gasteiger partial charge is 0.226 e. The van der Waals surface area contributed by atoms with Gasteiger partial charge in [0.15, 0.2) is 0 Å². The maximum Gasteiger partial charge on any atom is 0.226 e. The maximum absolute atomic E-state index is 11.9. The molecular formula is C13H18N2O. The number of nitrogens with two attached hydrogens (primary N) is 1. The van der Waals surface area contributed by atoms with E-state index in [0.29, 0.717) is 6.42 Å². The lowest BCUT2D eigenvalue weighted by atomic mass is 10.0. The van der Waals surface area contributed by atoms with Crippen molar-refractivity contribution in [3.8, 4) is 0 Å². The molecule has 1 aromatic carbocycles. The minimum atomic E-state index is 0.228. The van der Waals surface area contributed by atoms with Gasteiger partial charge in [0.05, 0.1) is 0 Å². The van der Waals surface area contributed by atoms with E-state index in [1.54, 1.807) is 0 Å². The maximum atomic E-state index is 11.9. The molecule has 1 aliphatic heterocycles. The highest BCUT2D eigenvalue weighted by Gasteiger charge is 2.21. The standard InChI is InChI=1S/C13H18N2O/c1-2-10-11(14)6-5-7-12(10)15-9-4-3-8-13(15)16/h5-7H,2-4,8-9,14H2,1H3. The fraction of sp³-hybridized carbons (Fsp3) is 0.462. The van der Waals surface area contributed by atoms with Crippen molar-refractivity contribution in [2.45, 2.75) is 32.6 Å². The molecular weight excluding hydrogens is 200 g/mol. The molecule has 2 N–H and O–H groups in total. The molecule has 16 heavy (non-hydrogen) atoms. The highest BCUT2D eigenvalue weighted by molar-refractivity contribution is 5.95. The Hall–Kier alpha value is -1.51. The molecule has 1 aromatic rings. The third-order valence-corrected chi connectivity index (χ3v) is 3.16.